The molecule has 0 saturated carbocycles. The Balaban J connectivity index is 1.44. The standard InChI is InChI=1S/C36H39ClN4O2/c1-24(2)21-39-22-31(15-11-27-7-9-28(20-38)10-8-27)41-36(42)33-19-30(14-17-34(33)37)35-18-16-32(43-35)23-40-26(4)29-12-5-25(3)6-13-29/h5-19,24,26,31,39-40H,21-23H2,1-4H3,(H,41,42)/b15-11+/t26-,31-/m1/s1. The van der Waals surface area contributed by atoms with Crippen molar-refractivity contribution in [1.29, 1.82) is 5.26 Å². The Hall–Kier alpha value is -4.15. The number of amides is 1. The van der Waals surface area contributed by atoms with Gasteiger partial charge in [-0.3, -0.25) is 4.79 Å². The first kappa shape index (κ1) is 31.8. The molecule has 0 saturated heterocycles. The van der Waals surface area contributed by atoms with E-state index >= 15 is 0 Å². The largest absolute Gasteiger partial charge is 0.460 e. The second-order valence-electron chi connectivity index (χ2n) is 11.2. The van der Waals surface area contributed by atoms with Gasteiger partial charge in [0.25, 0.3) is 5.91 Å². The number of aryl methyl sites for hydroxylation is 1. The number of rotatable bonds is 13. The summed E-state index contributed by atoms with van der Waals surface area (Å²) in [7, 11) is 0. The molecule has 222 valence electrons. The molecule has 1 amide bonds. The van der Waals surface area contributed by atoms with Crippen LogP contribution in [0.3, 0.4) is 0 Å². The van der Waals surface area contributed by atoms with Crippen molar-refractivity contribution in [1.82, 2.24) is 16.0 Å². The van der Waals surface area contributed by atoms with Gasteiger partial charge in [0, 0.05) is 18.2 Å². The molecule has 0 spiro atoms. The normalized spacial score (nSPS) is 12.8. The van der Waals surface area contributed by atoms with Gasteiger partial charge in [-0.25, -0.2) is 0 Å². The third kappa shape index (κ3) is 9.42. The van der Waals surface area contributed by atoms with E-state index in [1.807, 2.05) is 42.5 Å². The maximum atomic E-state index is 13.5. The molecule has 0 fully saturated rings. The van der Waals surface area contributed by atoms with E-state index in [0.717, 1.165) is 23.4 Å². The zero-order valence-corrected chi connectivity index (χ0v) is 25.9. The van der Waals surface area contributed by atoms with Crippen molar-refractivity contribution in [2.75, 3.05) is 13.1 Å². The van der Waals surface area contributed by atoms with Gasteiger partial charge in [0.1, 0.15) is 11.5 Å². The number of carbonyl (C=O) groups is 1. The fourth-order valence-corrected chi connectivity index (χ4v) is 4.75. The number of nitriles is 1. The zero-order chi connectivity index (χ0) is 30.8. The number of hydrogen-bond donors (Lipinski definition) is 3. The SMILES string of the molecule is Cc1ccc([C@@H](C)NCc2ccc(-c3ccc(Cl)c(C(=O)N[C@H](/C=C/c4ccc(C#N)cc4)CNCC(C)C)c3)o2)cc1. The molecule has 6 nitrogen and oxygen atoms in total. The number of nitrogens with one attached hydrogen (secondary N) is 3. The molecule has 4 aromatic rings. The van der Waals surface area contributed by atoms with Gasteiger partial charge in [0.15, 0.2) is 0 Å². The number of carbonyl (C=O) groups excluding carboxylic acids is 1. The molecule has 0 aliphatic carbocycles. The third-order valence-electron chi connectivity index (χ3n) is 7.11. The second kappa shape index (κ2) is 15.4. The Morgan fingerprint density at radius 1 is 0.977 bits per heavy atom. The molecule has 1 aromatic heterocycles. The van der Waals surface area contributed by atoms with Crippen LogP contribution in [-0.2, 0) is 6.54 Å². The molecule has 1 heterocycles. The first-order chi connectivity index (χ1) is 20.7. The van der Waals surface area contributed by atoms with Crippen LogP contribution in [0.1, 0.15) is 65.2 Å². The molecular formula is C36H39ClN4O2. The Bertz CT molecular complexity index is 1570. The van der Waals surface area contributed by atoms with Crippen molar-refractivity contribution >= 4 is 23.6 Å². The summed E-state index contributed by atoms with van der Waals surface area (Å²) in [6, 6.07) is 27.0. The first-order valence-corrected chi connectivity index (χ1v) is 15.0. The van der Waals surface area contributed by atoms with Crippen LogP contribution < -0.4 is 16.0 Å². The zero-order valence-electron chi connectivity index (χ0n) is 25.2. The van der Waals surface area contributed by atoms with E-state index in [0.29, 0.717) is 40.9 Å². The minimum atomic E-state index is -0.279. The van der Waals surface area contributed by atoms with Crippen LogP contribution in [0.2, 0.25) is 5.02 Å². The Labute approximate surface area is 259 Å². The molecule has 4 rings (SSSR count). The highest BCUT2D eigenvalue weighted by Gasteiger charge is 2.17. The van der Waals surface area contributed by atoms with E-state index < -0.39 is 0 Å². The number of benzene rings is 3. The first-order valence-electron chi connectivity index (χ1n) is 14.6. The van der Waals surface area contributed by atoms with Crippen LogP contribution >= 0.6 is 11.6 Å². The predicted octanol–water partition coefficient (Wildman–Crippen LogP) is 7.69. The van der Waals surface area contributed by atoms with Crippen molar-refractivity contribution in [3.63, 3.8) is 0 Å². The number of halogens is 1. The highest BCUT2D eigenvalue weighted by molar-refractivity contribution is 6.34. The van der Waals surface area contributed by atoms with Crippen molar-refractivity contribution in [3.05, 3.63) is 124 Å². The lowest BCUT2D eigenvalue weighted by Gasteiger charge is -2.18. The topological polar surface area (TPSA) is 90.1 Å². The predicted molar refractivity (Wildman–Crippen MR) is 175 cm³/mol. The summed E-state index contributed by atoms with van der Waals surface area (Å²) in [6.45, 7) is 10.4. The fourth-order valence-electron chi connectivity index (χ4n) is 4.54. The van der Waals surface area contributed by atoms with E-state index in [-0.39, 0.29) is 18.0 Å². The highest BCUT2D eigenvalue weighted by Crippen LogP contribution is 2.27. The maximum Gasteiger partial charge on any atom is 0.253 e. The highest BCUT2D eigenvalue weighted by atomic mass is 35.5. The molecule has 43 heavy (non-hydrogen) atoms. The quantitative estimate of drug-likeness (QED) is 0.148. The van der Waals surface area contributed by atoms with Gasteiger partial charge in [-0.1, -0.05) is 79.6 Å². The summed E-state index contributed by atoms with van der Waals surface area (Å²) >= 11 is 6.51. The van der Waals surface area contributed by atoms with Crippen LogP contribution in [0.15, 0.2) is 89.4 Å². The summed E-state index contributed by atoms with van der Waals surface area (Å²) < 4.78 is 6.13. The van der Waals surface area contributed by atoms with Gasteiger partial charge in [0.05, 0.1) is 34.8 Å². The van der Waals surface area contributed by atoms with Crippen LogP contribution in [0, 0.1) is 24.2 Å². The van der Waals surface area contributed by atoms with Gasteiger partial charge >= 0.3 is 0 Å². The average molecular weight is 595 g/mol. The molecule has 2 atom stereocenters. The van der Waals surface area contributed by atoms with Gasteiger partial charge < -0.3 is 20.4 Å². The van der Waals surface area contributed by atoms with Crippen LogP contribution in [0.5, 0.6) is 0 Å². The molecular weight excluding hydrogens is 556 g/mol. The van der Waals surface area contributed by atoms with Crippen LogP contribution in [0.4, 0.5) is 0 Å². The molecule has 3 N–H and O–H groups in total. The molecule has 0 bridgehead atoms. The molecule has 0 unspecified atom stereocenters. The van der Waals surface area contributed by atoms with E-state index in [2.05, 4.69) is 74.0 Å². The fraction of sp³-hybridized carbons (Fsp3) is 0.278. The third-order valence-corrected chi connectivity index (χ3v) is 7.44. The Kier molecular flexibility index (Phi) is 11.4. The van der Waals surface area contributed by atoms with Gasteiger partial charge in [0.2, 0.25) is 0 Å². The lowest BCUT2D eigenvalue weighted by Crippen LogP contribution is -2.41. The van der Waals surface area contributed by atoms with E-state index in [4.69, 9.17) is 21.3 Å². The Morgan fingerprint density at radius 3 is 2.42 bits per heavy atom. The summed E-state index contributed by atoms with van der Waals surface area (Å²) in [5.41, 5.74) is 5.15. The molecule has 7 heteroatoms. The second-order valence-corrected chi connectivity index (χ2v) is 11.6. The van der Waals surface area contributed by atoms with Gasteiger partial charge in [-0.15, -0.1) is 0 Å². The van der Waals surface area contributed by atoms with Gasteiger partial charge in [-0.2, -0.15) is 5.26 Å². The summed E-state index contributed by atoms with van der Waals surface area (Å²) in [6.07, 6.45) is 3.90. The minimum Gasteiger partial charge on any atom is -0.460 e. The number of furan rings is 1. The van der Waals surface area contributed by atoms with Crippen molar-refractivity contribution in [3.8, 4) is 17.4 Å². The maximum absolute atomic E-state index is 13.5. The van der Waals surface area contributed by atoms with E-state index in [1.54, 1.807) is 24.3 Å². The summed E-state index contributed by atoms with van der Waals surface area (Å²) in [5, 5.41) is 19.5. The lowest BCUT2D eigenvalue weighted by molar-refractivity contribution is 0.0944. The minimum absolute atomic E-state index is 0.175. The average Bonchev–Trinajstić information content (AvgIpc) is 3.48. The molecule has 3 aromatic carbocycles. The lowest BCUT2D eigenvalue weighted by atomic mass is 10.1. The summed E-state index contributed by atoms with van der Waals surface area (Å²) in [5.74, 6) is 1.68. The Morgan fingerprint density at radius 2 is 1.72 bits per heavy atom. The van der Waals surface area contributed by atoms with Crippen LogP contribution in [0.25, 0.3) is 17.4 Å². The number of hydrogen-bond acceptors (Lipinski definition) is 5. The summed E-state index contributed by atoms with van der Waals surface area (Å²) in [4.78, 5) is 13.5. The smallest absolute Gasteiger partial charge is 0.253 e. The van der Waals surface area contributed by atoms with Crippen molar-refractivity contribution in [2.24, 2.45) is 5.92 Å². The molecule has 0 radical (unpaired) electrons. The molecule has 0 aliphatic heterocycles. The number of nitrogens with zero attached hydrogens (tertiary/aromatic N) is 1. The van der Waals surface area contributed by atoms with Crippen molar-refractivity contribution in [2.45, 2.75) is 46.3 Å². The molecule has 0 aliphatic rings. The van der Waals surface area contributed by atoms with E-state index in [1.165, 1.54) is 11.1 Å². The van der Waals surface area contributed by atoms with Gasteiger partial charge in [-0.05, 0) is 79.9 Å². The monoisotopic (exact) mass is 594 g/mol. The van der Waals surface area contributed by atoms with E-state index in [9.17, 15) is 4.79 Å². The van der Waals surface area contributed by atoms with Crippen LogP contribution in [-0.4, -0.2) is 25.0 Å². The van der Waals surface area contributed by atoms with Crippen molar-refractivity contribution < 1.29 is 9.21 Å².